The molecule has 3 heterocycles. The smallest absolute Gasteiger partial charge is 0.240 e. The maximum absolute atomic E-state index is 13.2. The third-order valence-electron chi connectivity index (χ3n) is 6.66. The Morgan fingerprint density at radius 3 is 2.35 bits per heavy atom. The van der Waals surface area contributed by atoms with Crippen molar-refractivity contribution in [2.75, 3.05) is 26.2 Å². The first-order chi connectivity index (χ1) is 17.8. The number of aromatic amines is 2. The van der Waals surface area contributed by atoms with E-state index in [1.165, 1.54) is 4.90 Å². The average Bonchev–Trinajstić information content (AvgIpc) is 3.63. The molecule has 3 atom stereocenters. The van der Waals surface area contributed by atoms with Crippen molar-refractivity contribution in [3.8, 4) is 0 Å². The molecule has 3 aromatic rings. The van der Waals surface area contributed by atoms with Gasteiger partial charge in [-0.25, -0.2) is 4.98 Å². The summed E-state index contributed by atoms with van der Waals surface area (Å²) in [6, 6.07) is 6.79. The highest BCUT2D eigenvalue weighted by atomic mass is 16.2. The molecule has 12 nitrogen and oxygen atoms in total. The Morgan fingerprint density at radius 2 is 1.70 bits per heavy atom. The number of nitrogens with two attached hydrogens (primary N) is 2. The van der Waals surface area contributed by atoms with E-state index in [2.05, 4.69) is 25.6 Å². The number of nitrogens with zero attached hydrogens (tertiary/aromatic N) is 2. The summed E-state index contributed by atoms with van der Waals surface area (Å²) in [6.45, 7) is 0.784. The van der Waals surface area contributed by atoms with Crippen molar-refractivity contribution in [3.63, 3.8) is 0 Å². The van der Waals surface area contributed by atoms with E-state index >= 15 is 0 Å². The van der Waals surface area contributed by atoms with E-state index in [1.807, 2.05) is 30.5 Å². The molecule has 4 rings (SSSR count). The quantitative estimate of drug-likeness (QED) is 0.196. The molecular weight excluding hydrogens is 476 g/mol. The number of carbonyl (C=O) groups is 4. The number of nitrogens with one attached hydrogen (secondary N) is 4. The van der Waals surface area contributed by atoms with Crippen LogP contribution in [0.25, 0.3) is 10.9 Å². The molecule has 0 radical (unpaired) electrons. The maximum Gasteiger partial charge on any atom is 0.240 e. The third kappa shape index (κ3) is 6.33. The average molecular weight is 509 g/mol. The van der Waals surface area contributed by atoms with E-state index in [0.29, 0.717) is 25.9 Å². The number of carbonyl (C=O) groups excluding carboxylic acids is 4. The number of para-hydroxylation sites is 1. The maximum atomic E-state index is 13.2. The topological polar surface area (TPSA) is 192 Å². The minimum atomic E-state index is -1.12. The number of likely N-dealkylation sites (tertiary alicyclic amines) is 1. The molecule has 1 saturated heterocycles. The number of hydrogen-bond donors (Lipinski definition) is 6. The van der Waals surface area contributed by atoms with Gasteiger partial charge >= 0.3 is 0 Å². The first kappa shape index (κ1) is 25.9. The van der Waals surface area contributed by atoms with E-state index < -0.39 is 29.7 Å². The Bertz CT molecular complexity index is 1250. The van der Waals surface area contributed by atoms with Crippen LogP contribution in [0.3, 0.4) is 0 Å². The van der Waals surface area contributed by atoms with Crippen molar-refractivity contribution >= 4 is 34.5 Å². The second kappa shape index (κ2) is 11.7. The number of primary amides is 1. The van der Waals surface area contributed by atoms with Crippen molar-refractivity contribution in [3.05, 3.63) is 54.2 Å². The van der Waals surface area contributed by atoms with Gasteiger partial charge in [-0.05, 0) is 18.1 Å². The minimum Gasteiger partial charge on any atom is -0.370 e. The summed E-state index contributed by atoms with van der Waals surface area (Å²) in [5, 5.41) is 6.87. The molecule has 8 N–H and O–H groups in total. The second-order valence-electron chi connectivity index (χ2n) is 9.25. The highest BCUT2D eigenvalue weighted by Crippen LogP contribution is 2.25. The lowest BCUT2D eigenvalue weighted by Gasteiger charge is -2.20. The summed E-state index contributed by atoms with van der Waals surface area (Å²) < 4.78 is 0. The first-order valence-corrected chi connectivity index (χ1v) is 12.2. The molecule has 2 aromatic heterocycles. The van der Waals surface area contributed by atoms with Gasteiger partial charge in [0.25, 0.3) is 0 Å². The number of rotatable bonds is 11. The van der Waals surface area contributed by atoms with Gasteiger partial charge in [0, 0.05) is 61.6 Å². The van der Waals surface area contributed by atoms with E-state index in [1.54, 1.807) is 12.5 Å². The molecule has 0 bridgehead atoms. The Balaban J connectivity index is 1.39. The van der Waals surface area contributed by atoms with Crippen molar-refractivity contribution in [1.82, 2.24) is 30.5 Å². The summed E-state index contributed by atoms with van der Waals surface area (Å²) in [7, 11) is 0. The van der Waals surface area contributed by atoms with Crippen molar-refractivity contribution < 1.29 is 19.2 Å². The number of aromatic nitrogens is 3. The summed E-state index contributed by atoms with van der Waals surface area (Å²) in [5.41, 5.74) is 14.0. The number of hydrogen-bond acceptors (Lipinski definition) is 6. The van der Waals surface area contributed by atoms with Gasteiger partial charge in [-0.1, -0.05) is 18.2 Å². The number of imidazole rings is 1. The van der Waals surface area contributed by atoms with Gasteiger partial charge in [-0.2, -0.15) is 0 Å². The molecular formula is C25H32N8O4. The van der Waals surface area contributed by atoms with E-state index in [4.69, 9.17) is 11.5 Å². The minimum absolute atomic E-state index is 0.0295. The zero-order chi connectivity index (χ0) is 26.4. The fourth-order valence-electron chi connectivity index (χ4n) is 4.72. The molecule has 12 heteroatoms. The lowest BCUT2D eigenvalue weighted by Crippen LogP contribution is -2.45. The van der Waals surface area contributed by atoms with Crippen LogP contribution < -0.4 is 22.1 Å². The van der Waals surface area contributed by atoms with Crippen LogP contribution in [-0.2, 0) is 32.0 Å². The zero-order valence-corrected chi connectivity index (χ0v) is 20.4. The van der Waals surface area contributed by atoms with Gasteiger partial charge in [-0.3, -0.25) is 19.2 Å². The van der Waals surface area contributed by atoms with Crippen LogP contribution in [0.15, 0.2) is 43.0 Å². The second-order valence-corrected chi connectivity index (χ2v) is 9.25. The third-order valence-corrected chi connectivity index (χ3v) is 6.66. The van der Waals surface area contributed by atoms with Gasteiger partial charge in [0.1, 0.15) is 0 Å². The summed E-state index contributed by atoms with van der Waals surface area (Å²) in [5.74, 6) is -3.34. The van der Waals surface area contributed by atoms with Gasteiger partial charge in [0.15, 0.2) is 0 Å². The molecule has 4 amide bonds. The van der Waals surface area contributed by atoms with Gasteiger partial charge in [0.05, 0.1) is 30.6 Å². The van der Waals surface area contributed by atoms with Gasteiger partial charge in [0.2, 0.25) is 23.6 Å². The number of H-pyrrole nitrogens is 2. The zero-order valence-electron chi connectivity index (χ0n) is 20.4. The van der Waals surface area contributed by atoms with Gasteiger partial charge in [-0.15, -0.1) is 0 Å². The van der Waals surface area contributed by atoms with Crippen LogP contribution in [0.4, 0.5) is 0 Å². The van der Waals surface area contributed by atoms with Crippen LogP contribution in [0.2, 0.25) is 0 Å². The molecule has 0 spiro atoms. The Kier molecular flexibility index (Phi) is 8.18. The van der Waals surface area contributed by atoms with Crippen LogP contribution in [0.5, 0.6) is 0 Å². The molecule has 1 aromatic carbocycles. The highest BCUT2D eigenvalue weighted by molar-refractivity contribution is 5.92. The predicted molar refractivity (Wildman–Crippen MR) is 136 cm³/mol. The summed E-state index contributed by atoms with van der Waals surface area (Å²) >= 11 is 0. The number of fused-ring (bicyclic) bond motifs is 1. The molecule has 1 fully saturated rings. The van der Waals surface area contributed by atoms with Crippen LogP contribution in [0, 0.1) is 11.8 Å². The number of amides is 4. The largest absolute Gasteiger partial charge is 0.370 e. The predicted octanol–water partition coefficient (Wildman–Crippen LogP) is -0.814. The van der Waals surface area contributed by atoms with Crippen LogP contribution >= 0.6 is 0 Å². The standard InChI is InChI=1S/C25H32N8O4/c26-20(9-22(27)34)25(37)33-12-18(19(13-33)24(36)30-8-6-16-11-28-14-32-16)23(35)29-7-5-15-10-31-21-4-2-1-3-17(15)21/h1-4,10-11,14,18-20,31H,5-9,12-13,26H2,(H2,27,34)(H,28,32)(H,29,35)(H,30,36)/t18-,19-,20+/m1/s1. The molecule has 0 aliphatic carbocycles. The lowest BCUT2D eigenvalue weighted by atomic mass is 9.94. The number of benzene rings is 1. The van der Waals surface area contributed by atoms with Gasteiger partial charge < -0.3 is 37.0 Å². The Hall–Kier alpha value is -4.19. The summed E-state index contributed by atoms with van der Waals surface area (Å²) in [6.07, 6.45) is 6.00. The van der Waals surface area contributed by atoms with Crippen LogP contribution in [-0.4, -0.2) is 75.7 Å². The lowest BCUT2D eigenvalue weighted by molar-refractivity contribution is -0.134. The molecule has 196 valence electrons. The molecule has 1 aliphatic rings. The monoisotopic (exact) mass is 508 g/mol. The molecule has 1 aliphatic heterocycles. The Morgan fingerprint density at radius 1 is 1.03 bits per heavy atom. The van der Waals surface area contributed by atoms with Crippen molar-refractivity contribution in [2.45, 2.75) is 25.3 Å². The first-order valence-electron chi connectivity index (χ1n) is 12.2. The SMILES string of the molecule is NC(=O)C[C@H](N)C(=O)N1C[C@@H](C(=O)NCCc2cnc[nH]2)[C@H](C(=O)NCCc2c[nH]c3ccccc23)C1. The normalized spacial score (nSPS) is 18.0. The van der Waals surface area contributed by atoms with E-state index in [9.17, 15) is 19.2 Å². The van der Waals surface area contributed by atoms with Crippen LogP contribution in [0.1, 0.15) is 17.7 Å². The van der Waals surface area contributed by atoms with Crippen molar-refractivity contribution in [1.29, 1.82) is 0 Å². The Labute approximate surface area is 213 Å². The molecule has 0 saturated carbocycles. The summed E-state index contributed by atoms with van der Waals surface area (Å²) in [4.78, 5) is 61.7. The van der Waals surface area contributed by atoms with E-state index in [0.717, 1.165) is 22.2 Å². The molecule has 37 heavy (non-hydrogen) atoms. The highest BCUT2D eigenvalue weighted by Gasteiger charge is 2.44. The van der Waals surface area contributed by atoms with Crippen molar-refractivity contribution in [2.24, 2.45) is 23.3 Å². The van der Waals surface area contributed by atoms with E-state index in [-0.39, 0.29) is 31.3 Å². The fraction of sp³-hybridized carbons (Fsp3) is 0.400. The fourth-order valence-corrected chi connectivity index (χ4v) is 4.72. The molecule has 0 unspecified atom stereocenters.